The second-order valence-electron chi connectivity index (χ2n) is 6.08. The Morgan fingerprint density at radius 1 is 1.24 bits per heavy atom. The first-order valence-corrected chi connectivity index (χ1v) is 8.67. The molecule has 0 saturated heterocycles. The molecule has 1 aromatic heterocycles. The summed E-state index contributed by atoms with van der Waals surface area (Å²) in [6, 6.07) is 7.69. The lowest BCUT2D eigenvalue weighted by molar-refractivity contribution is -0.121. The van der Waals surface area contributed by atoms with Gasteiger partial charge in [0.1, 0.15) is 12.4 Å². The molecule has 3 rings (SSSR count). The minimum Gasteiger partial charge on any atom is -0.382 e. The van der Waals surface area contributed by atoms with Crippen molar-refractivity contribution < 1.29 is 14.3 Å². The fourth-order valence-corrected chi connectivity index (χ4v) is 2.94. The van der Waals surface area contributed by atoms with E-state index < -0.39 is 0 Å². The number of aromatic nitrogens is 3. The minimum atomic E-state index is -0.187. The van der Waals surface area contributed by atoms with E-state index in [4.69, 9.17) is 9.47 Å². The second kappa shape index (κ2) is 8.73. The normalized spacial score (nSPS) is 14.0. The van der Waals surface area contributed by atoms with Crippen molar-refractivity contribution in [3.05, 3.63) is 30.1 Å². The molecule has 2 aromatic rings. The van der Waals surface area contributed by atoms with Gasteiger partial charge in [0.2, 0.25) is 5.91 Å². The van der Waals surface area contributed by atoms with E-state index in [2.05, 4.69) is 20.1 Å². The lowest BCUT2D eigenvalue weighted by atomic mass is 10.2. The lowest BCUT2D eigenvalue weighted by Gasteiger charge is -2.10. The number of amides is 1. The number of aryl methyl sites for hydroxylation is 1. The fraction of sp³-hybridized carbons (Fsp3) is 0.500. The third-order valence-corrected chi connectivity index (χ3v) is 4.18. The van der Waals surface area contributed by atoms with Crippen molar-refractivity contribution in [2.24, 2.45) is 0 Å². The Bertz CT molecular complexity index is 714. The average molecular weight is 344 g/mol. The lowest BCUT2D eigenvalue weighted by Crippen LogP contribution is -2.19. The number of hydrogen-bond donors (Lipinski definition) is 1. The molecule has 134 valence electrons. The number of ether oxygens (including phenoxy) is 2. The van der Waals surface area contributed by atoms with Gasteiger partial charge in [0.15, 0.2) is 5.82 Å². The predicted octanol–water partition coefficient (Wildman–Crippen LogP) is 2.27. The molecule has 1 aliphatic rings. The molecule has 0 fully saturated rings. The molecule has 1 aliphatic heterocycles. The fourth-order valence-electron chi connectivity index (χ4n) is 2.94. The smallest absolute Gasteiger partial charge is 0.250 e. The highest BCUT2D eigenvalue weighted by Gasteiger charge is 2.16. The Labute approximate surface area is 147 Å². The van der Waals surface area contributed by atoms with Crippen LogP contribution in [0.4, 0.5) is 5.69 Å². The zero-order chi connectivity index (χ0) is 17.5. The molecule has 7 nitrogen and oxygen atoms in total. The van der Waals surface area contributed by atoms with Gasteiger partial charge in [-0.25, -0.2) is 0 Å². The van der Waals surface area contributed by atoms with Crippen LogP contribution in [0, 0.1) is 0 Å². The van der Waals surface area contributed by atoms with Crippen LogP contribution in [-0.4, -0.2) is 47.6 Å². The van der Waals surface area contributed by atoms with Crippen molar-refractivity contribution in [2.45, 2.75) is 32.2 Å². The standard InChI is InChI=1S/C18H24N4O3/c1-24-10-11-25-13-17(23)19-15-7-5-6-14(12-15)18-21-20-16-8-3-2-4-9-22(16)18/h5-7,12H,2-4,8-11,13H2,1H3,(H,19,23). The topological polar surface area (TPSA) is 78.3 Å². The molecule has 0 radical (unpaired) electrons. The van der Waals surface area contributed by atoms with Gasteiger partial charge < -0.3 is 19.4 Å². The molecule has 2 heterocycles. The third-order valence-electron chi connectivity index (χ3n) is 4.18. The molecular formula is C18H24N4O3. The number of rotatable bonds is 7. The van der Waals surface area contributed by atoms with E-state index in [1.165, 1.54) is 6.42 Å². The highest BCUT2D eigenvalue weighted by Crippen LogP contribution is 2.24. The van der Waals surface area contributed by atoms with Crippen LogP contribution in [0.5, 0.6) is 0 Å². The average Bonchev–Trinajstić information content (AvgIpc) is 2.87. The van der Waals surface area contributed by atoms with Gasteiger partial charge in [-0.2, -0.15) is 0 Å². The van der Waals surface area contributed by atoms with Crippen molar-refractivity contribution in [2.75, 3.05) is 32.2 Å². The monoisotopic (exact) mass is 344 g/mol. The number of hydrogen-bond acceptors (Lipinski definition) is 5. The van der Waals surface area contributed by atoms with Crippen LogP contribution >= 0.6 is 0 Å². The van der Waals surface area contributed by atoms with Crippen LogP contribution in [0.2, 0.25) is 0 Å². The van der Waals surface area contributed by atoms with E-state index in [1.807, 2.05) is 24.3 Å². The van der Waals surface area contributed by atoms with Gasteiger partial charge in [-0.1, -0.05) is 18.6 Å². The van der Waals surface area contributed by atoms with Crippen LogP contribution in [0.25, 0.3) is 11.4 Å². The Morgan fingerprint density at radius 3 is 3.04 bits per heavy atom. The number of benzene rings is 1. The van der Waals surface area contributed by atoms with Crippen molar-refractivity contribution >= 4 is 11.6 Å². The number of fused-ring (bicyclic) bond motifs is 1. The molecule has 0 unspecified atom stereocenters. The van der Waals surface area contributed by atoms with Gasteiger partial charge >= 0.3 is 0 Å². The first-order valence-electron chi connectivity index (χ1n) is 8.67. The number of nitrogens with one attached hydrogen (secondary N) is 1. The SMILES string of the molecule is COCCOCC(=O)Nc1cccc(-c2nnc3n2CCCCC3)c1. The van der Waals surface area contributed by atoms with Crippen LogP contribution in [0.15, 0.2) is 24.3 Å². The van der Waals surface area contributed by atoms with E-state index in [9.17, 15) is 4.79 Å². The van der Waals surface area contributed by atoms with Gasteiger partial charge in [-0.15, -0.1) is 10.2 Å². The second-order valence-corrected chi connectivity index (χ2v) is 6.08. The minimum absolute atomic E-state index is 0.00786. The van der Waals surface area contributed by atoms with E-state index >= 15 is 0 Å². The summed E-state index contributed by atoms with van der Waals surface area (Å²) in [6.45, 7) is 1.83. The molecule has 7 heteroatoms. The van der Waals surface area contributed by atoms with E-state index in [1.54, 1.807) is 7.11 Å². The molecular weight excluding hydrogens is 320 g/mol. The molecule has 0 bridgehead atoms. The summed E-state index contributed by atoms with van der Waals surface area (Å²) in [4.78, 5) is 11.9. The van der Waals surface area contributed by atoms with Crippen molar-refractivity contribution in [3.63, 3.8) is 0 Å². The molecule has 1 N–H and O–H groups in total. The largest absolute Gasteiger partial charge is 0.382 e. The number of methoxy groups -OCH3 is 1. The Kier molecular flexibility index (Phi) is 6.14. The highest BCUT2D eigenvalue weighted by atomic mass is 16.5. The summed E-state index contributed by atoms with van der Waals surface area (Å²) < 4.78 is 12.3. The molecule has 0 atom stereocenters. The first kappa shape index (κ1) is 17.6. The molecule has 0 saturated carbocycles. The van der Waals surface area contributed by atoms with Crippen molar-refractivity contribution in [1.82, 2.24) is 14.8 Å². The summed E-state index contributed by atoms with van der Waals surface area (Å²) >= 11 is 0. The zero-order valence-corrected chi connectivity index (χ0v) is 14.5. The molecule has 1 amide bonds. The maximum Gasteiger partial charge on any atom is 0.250 e. The van der Waals surface area contributed by atoms with Gasteiger partial charge in [0.05, 0.1) is 13.2 Å². The van der Waals surface area contributed by atoms with Gasteiger partial charge in [0.25, 0.3) is 0 Å². The van der Waals surface area contributed by atoms with Crippen LogP contribution < -0.4 is 5.32 Å². The van der Waals surface area contributed by atoms with Crippen LogP contribution in [-0.2, 0) is 27.2 Å². The van der Waals surface area contributed by atoms with Gasteiger partial charge in [-0.3, -0.25) is 4.79 Å². The number of carbonyl (C=O) groups is 1. The number of anilines is 1. The summed E-state index contributed by atoms with van der Waals surface area (Å²) in [7, 11) is 1.60. The van der Waals surface area contributed by atoms with Crippen molar-refractivity contribution in [3.8, 4) is 11.4 Å². The predicted molar refractivity (Wildman–Crippen MR) is 94.3 cm³/mol. The van der Waals surface area contributed by atoms with Crippen LogP contribution in [0.3, 0.4) is 0 Å². The van der Waals surface area contributed by atoms with E-state index in [0.29, 0.717) is 13.2 Å². The summed E-state index contributed by atoms with van der Waals surface area (Å²) in [6.07, 6.45) is 4.51. The molecule has 0 spiro atoms. The summed E-state index contributed by atoms with van der Waals surface area (Å²) in [5.74, 6) is 1.73. The molecule has 1 aromatic carbocycles. The van der Waals surface area contributed by atoms with Gasteiger partial charge in [0, 0.05) is 31.3 Å². The van der Waals surface area contributed by atoms with Crippen molar-refractivity contribution in [1.29, 1.82) is 0 Å². The highest BCUT2D eigenvalue weighted by molar-refractivity contribution is 5.92. The first-order chi connectivity index (χ1) is 12.3. The van der Waals surface area contributed by atoms with Crippen LogP contribution in [0.1, 0.15) is 25.1 Å². The maximum atomic E-state index is 11.9. The third kappa shape index (κ3) is 4.64. The maximum absolute atomic E-state index is 11.9. The molecule has 25 heavy (non-hydrogen) atoms. The number of nitrogens with zero attached hydrogens (tertiary/aromatic N) is 3. The van der Waals surface area contributed by atoms with E-state index in [-0.39, 0.29) is 12.5 Å². The number of carbonyl (C=O) groups excluding carboxylic acids is 1. The van der Waals surface area contributed by atoms with E-state index in [0.717, 1.165) is 48.7 Å². The quantitative estimate of drug-likeness (QED) is 0.780. The molecule has 0 aliphatic carbocycles. The summed E-state index contributed by atoms with van der Waals surface area (Å²) in [5, 5.41) is 11.5. The zero-order valence-electron chi connectivity index (χ0n) is 14.5. The Balaban J connectivity index is 1.68. The Morgan fingerprint density at radius 2 is 2.16 bits per heavy atom. The Hall–Kier alpha value is -2.25. The summed E-state index contributed by atoms with van der Waals surface area (Å²) in [5.41, 5.74) is 1.68. The van der Waals surface area contributed by atoms with Gasteiger partial charge in [-0.05, 0) is 25.0 Å².